The SMILES string of the molecule is Cc1ccc([C@H](C(=O)N2CCN(c3ncnc4c3[C@H](C)C[C@H]4O)CC2)[C@@H]2CCCN2)cc1. The van der Waals surface area contributed by atoms with E-state index in [-0.39, 0.29) is 23.8 Å². The fourth-order valence-corrected chi connectivity index (χ4v) is 5.61. The highest BCUT2D eigenvalue weighted by atomic mass is 16.3. The van der Waals surface area contributed by atoms with Gasteiger partial charge in [-0.2, -0.15) is 0 Å². The molecule has 4 atom stereocenters. The van der Waals surface area contributed by atoms with Gasteiger partial charge in [-0.05, 0) is 44.2 Å². The second kappa shape index (κ2) is 8.79. The first kappa shape index (κ1) is 21.3. The maximum atomic E-state index is 13.7. The van der Waals surface area contributed by atoms with Crippen molar-refractivity contribution in [1.29, 1.82) is 0 Å². The second-order valence-electron chi connectivity index (χ2n) is 9.55. The molecule has 0 unspecified atom stereocenters. The van der Waals surface area contributed by atoms with Crippen LogP contribution < -0.4 is 10.2 Å². The zero-order valence-corrected chi connectivity index (χ0v) is 19.0. The van der Waals surface area contributed by atoms with Crippen molar-refractivity contribution < 1.29 is 9.90 Å². The van der Waals surface area contributed by atoms with Crippen LogP contribution in [0.25, 0.3) is 0 Å². The van der Waals surface area contributed by atoms with Crippen molar-refractivity contribution in [1.82, 2.24) is 20.2 Å². The van der Waals surface area contributed by atoms with Crippen molar-refractivity contribution in [2.45, 2.75) is 57.1 Å². The lowest BCUT2D eigenvalue weighted by Crippen LogP contribution is -2.52. The minimum Gasteiger partial charge on any atom is -0.387 e. The molecular formula is C25H33N5O2. The number of hydrogen-bond acceptors (Lipinski definition) is 6. The van der Waals surface area contributed by atoms with Gasteiger partial charge >= 0.3 is 0 Å². The number of rotatable bonds is 4. The molecule has 0 radical (unpaired) electrons. The number of fused-ring (bicyclic) bond motifs is 1. The lowest BCUT2D eigenvalue weighted by atomic mass is 9.88. The first-order valence-corrected chi connectivity index (χ1v) is 11.9. The van der Waals surface area contributed by atoms with Gasteiger partial charge in [-0.25, -0.2) is 9.97 Å². The van der Waals surface area contributed by atoms with Gasteiger partial charge in [-0.3, -0.25) is 4.79 Å². The van der Waals surface area contributed by atoms with Crippen molar-refractivity contribution in [3.63, 3.8) is 0 Å². The lowest BCUT2D eigenvalue weighted by molar-refractivity contribution is -0.133. The highest BCUT2D eigenvalue weighted by Crippen LogP contribution is 2.42. The first-order valence-electron chi connectivity index (χ1n) is 11.9. The molecule has 2 N–H and O–H groups in total. The van der Waals surface area contributed by atoms with Crippen molar-refractivity contribution in [2.24, 2.45) is 0 Å². The lowest BCUT2D eigenvalue weighted by Gasteiger charge is -2.38. The Balaban J connectivity index is 1.32. The van der Waals surface area contributed by atoms with Crippen LogP contribution in [0.3, 0.4) is 0 Å². The summed E-state index contributed by atoms with van der Waals surface area (Å²) in [5, 5.41) is 13.9. The van der Waals surface area contributed by atoms with E-state index in [0.29, 0.717) is 19.5 Å². The van der Waals surface area contributed by atoms with Crippen LogP contribution in [0.2, 0.25) is 0 Å². The van der Waals surface area contributed by atoms with Gasteiger partial charge in [0.2, 0.25) is 5.91 Å². The van der Waals surface area contributed by atoms with Crippen LogP contribution in [-0.2, 0) is 4.79 Å². The normalized spacial score (nSPS) is 26.3. The van der Waals surface area contributed by atoms with E-state index < -0.39 is 6.10 Å². The summed E-state index contributed by atoms with van der Waals surface area (Å²) in [5.74, 6) is 1.27. The van der Waals surface area contributed by atoms with Crippen LogP contribution in [0, 0.1) is 6.92 Å². The highest BCUT2D eigenvalue weighted by Gasteiger charge is 2.37. The van der Waals surface area contributed by atoms with Crippen molar-refractivity contribution >= 4 is 11.7 Å². The van der Waals surface area contributed by atoms with Gasteiger partial charge < -0.3 is 20.2 Å². The second-order valence-corrected chi connectivity index (χ2v) is 9.55. The average Bonchev–Trinajstić information content (AvgIpc) is 3.44. The Hall–Kier alpha value is -2.51. The van der Waals surface area contributed by atoms with E-state index in [0.717, 1.165) is 55.1 Å². The molecule has 0 saturated carbocycles. The van der Waals surface area contributed by atoms with Gasteiger partial charge in [0.25, 0.3) is 0 Å². The van der Waals surface area contributed by atoms with Crippen LogP contribution in [0.4, 0.5) is 5.82 Å². The number of piperazine rings is 1. The fourth-order valence-electron chi connectivity index (χ4n) is 5.61. The maximum absolute atomic E-state index is 13.7. The van der Waals surface area contributed by atoms with Gasteiger partial charge in [0.05, 0.1) is 17.7 Å². The van der Waals surface area contributed by atoms with Crippen LogP contribution in [-0.4, -0.2) is 64.6 Å². The van der Waals surface area contributed by atoms with Crippen molar-refractivity contribution in [2.75, 3.05) is 37.6 Å². The Morgan fingerprint density at radius 1 is 1.16 bits per heavy atom. The van der Waals surface area contributed by atoms with Gasteiger partial charge in [0.15, 0.2) is 0 Å². The van der Waals surface area contributed by atoms with E-state index in [1.54, 1.807) is 6.33 Å². The topological polar surface area (TPSA) is 81.6 Å². The maximum Gasteiger partial charge on any atom is 0.231 e. The van der Waals surface area contributed by atoms with E-state index in [9.17, 15) is 9.90 Å². The standard InChI is InChI=1S/C25H33N5O2/c1-16-5-7-18(8-6-16)22(19-4-3-9-26-19)25(32)30-12-10-29(11-13-30)24-21-17(2)14-20(31)23(21)27-15-28-24/h5-8,15,17,19-20,22,26,31H,3-4,9-14H2,1-2H3/t17-,19+,20-,22+/m1/s1. The molecular weight excluding hydrogens is 402 g/mol. The number of aromatic nitrogens is 2. The number of nitrogens with one attached hydrogen (secondary N) is 1. The molecule has 1 aromatic carbocycles. The molecule has 0 bridgehead atoms. The minimum absolute atomic E-state index is 0.136. The first-order chi connectivity index (χ1) is 15.5. The molecule has 7 heteroatoms. The van der Waals surface area contributed by atoms with Crippen LogP contribution in [0.15, 0.2) is 30.6 Å². The Morgan fingerprint density at radius 2 is 1.91 bits per heavy atom. The summed E-state index contributed by atoms with van der Waals surface area (Å²) in [4.78, 5) is 26.9. The van der Waals surface area contributed by atoms with Crippen molar-refractivity contribution in [3.05, 3.63) is 53.0 Å². The molecule has 3 heterocycles. The molecule has 1 amide bonds. The molecule has 170 valence electrons. The van der Waals surface area contributed by atoms with Crippen LogP contribution in [0.5, 0.6) is 0 Å². The Labute approximate surface area is 189 Å². The highest BCUT2D eigenvalue weighted by molar-refractivity contribution is 5.85. The molecule has 1 aliphatic carbocycles. The summed E-state index contributed by atoms with van der Waals surface area (Å²) in [6.07, 6.45) is 3.92. The summed E-state index contributed by atoms with van der Waals surface area (Å²) >= 11 is 0. The number of amides is 1. The van der Waals surface area contributed by atoms with Gasteiger partial charge in [-0.15, -0.1) is 0 Å². The smallest absolute Gasteiger partial charge is 0.231 e. The summed E-state index contributed by atoms with van der Waals surface area (Å²) < 4.78 is 0. The monoisotopic (exact) mass is 435 g/mol. The van der Waals surface area contributed by atoms with Gasteiger partial charge in [0, 0.05) is 37.8 Å². The predicted molar refractivity (Wildman–Crippen MR) is 124 cm³/mol. The zero-order valence-electron chi connectivity index (χ0n) is 19.0. The average molecular weight is 436 g/mol. The summed E-state index contributed by atoms with van der Waals surface area (Å²) in [5.41, 5.74) is 4.17. The number of nitrogens with zero attached hydrogens (tertiary/aromatic N) is 4. The quantitative estimate of drug-likeness (QED) is 0.768. The number of benzene rings is 1. The van der Waals surface area contributed by atoms with E-state index >= 15 is 0 Å². The molecule has 1 aromatic heterocycles. The number of carbonyl (C=O) groups excluding carboxylic acids is 1. The third kappa shape index (κ3) is 3.88. The molecule has 2 fully saturated rings. The van der Waals surface area contributed by atoms with E-state index in [1.165, 1.54) is 5.56 Å². The minimum atomic E-state index is -0.501. The van der Waals surface area contributed by atoms with Gasteiger partial charge in [-0.1, -0.05) is 36.8 Å². The van der Waals surface area contributed by atoms with E-state index in [4.69, 9.17) is 0 Å². The predicted octanol–water partition coefficient (Wildman–Crippen LogP) is 2.51. The molecule has 3 aliphatic rings. The van der Waals surface area contributed by atoms with Crippen LogP contribution in [0.1, 0.15) is 66.5 Å². The number of aryl methyl sites for hydroxylation is 1. The van der Waals surface area contributed by atoms with Crippen molar-refractivity contribution in [3.8, 4) is 0 Å². The fraction of sp³-hybridized carbons (Fsp3) is 0.560. The number of anilines is 1. The number of aliphatic hydroxyl groups is 1. The Bertz CT molecular complexity index is 965. The molecule has 32 heavy (non-hydrogen) atoms. The summed E-state index contributed by atoms with van der Waals surface area (Å²) in [6, 6.07) is 8.65. The molecule has 2 aromatic rings. The number of aliphatic hydroxyl groups excluding tert-OH is 1. The molecule has 5 rings (SSSR count). The largest absolute Gasteiger partial charge is 0.387 e. The molecule has 2 aliphatic heterocycles. The third-order valence-corrected chi connectivity index (χ3v) is 7.37. The molecule has 7 nitrogen and oxygen atoms in total. The Morgan fingerprint density at radius 3 is 2.59 bits per heavy atom. The third-order valence-electron chi connectivity index (χ3n) is 7.37. The molecule has 0 spiro atoms. The van der Waals surface area contributed by atoms with E-state index in [1.807, 2.05) is 4.90 Å². The number of hydrogen-bond donors (Lipinski definition) is 2. The summed E-state index contributed by atoms with van der Waals surface area (Å²) in [6.45, 7) is 8.05. The number of carbonyl (C=O) groups is 1. The van der Waals surface area contributed by atoms with Crippen LogP contribution >= 0.6 is 0 Å². The molecule has 2 saturated heterocycles. The summed E-state index contributed by atoms with van der Waals surface area (Å²) in [7, 11) is 0. The zero-order chi connectivity index (χ0) is 22.2. The van der Waals surface area contributed by atoms with Gasteiger partial charge in [0.1, 0.15) is 12.1 Å². The van der Waals surface area contributed by atoms with E-state index in [2.05, 4.69) is 58.3 Å². The Kier molecular flexibility index (Phi) is 5.86.